The molecule has 1 aromatic rings. The maximum Gasteiger partial charge on any atom is 0.273 e. The molecular weight excluding hydrogens is 218 g/mol. The highest BCUT2D eigenvalue weighted by atomic mass is 16.2. The Morgan fingerprint density at radius 2 is 2.18 bits per heavy atom. The van der Waals surface area contributed by atoms with Gasteiger partial charge in [0, 0.05) is 12.6 Å². The van der Waals surface area contributed by atoms with E-state index in [-0.39, 0.29) is 5.91 Å². The van der Waals surface area contributed by atoms with Crippen molar-refractivity contribution >= 4 is 5.91 Å². The lowest BCUT2D eigenvalue weighted by Crippen LogP contribution is -2.40. The van der Waals surface area contributed by atoms with E-state index >= 15 is 0 Å². The van der Waals surface area contributed by atoms with Crippen molar-refractivity contribution < 1.29 is 4.79 Å². The number of aromatic amines is 1. The standard InChI is InChI=1S/C11H21N5O/c1-5-6-9(16(3)4)7-12-11(17)10-8(2)13-15-14-10/h9H,5-7H2,1-4H3,(H,12,17)(H,13,14,15)/t9-/m0/s1. The topological polar surface area (TPSA) is 73.9 Å². The van der Waals surface area contributed by atoms with Crippen molar-refractivity contribution in [1.29, 1.82) is 0 Å². The van der Waals surface area contributed by atoms with Crippen molar-refractivity contribution in [3.05, 3.63) is 11.4 Å². The molecule has 96 valence electrons. The Balaban J connectivity index is 2.49. The van der Waals surface area contributed by atoms with Gasteiger partial charge in [0.25, 0.3) is 5.91 Å². The van der Waals surface area contributed by atoms with Crippen LogP contribution in [0.15, 0.2) is 0 Å². The van der Waals surface area contributed by atoms with Crippen molar-refractivity contribution in [3.63, 3.8) is 0 Å². The van der Waals surface area contributed by atoms with E-state index in [4.69, 9.17) is 0 Å². The zero-order valence-corrected chi connectivity index (χ0v) is 10.9. The van der Waals surface area contributed by atoms with Gasteiger partial charge in [0.1, 0.15) is 0 Å². The SMILES string of the molecule is CCC[C@@H](CNC(=O)c1n[nH]nc1C)N(C)C. The number of hydrogen-bond acceptors (Lipinski definition) is 4. The first-order valence-corrected chi connectivity index (χ1v) is 5.88. The molecule has 0 spiro atoms. The first kappa shape index (κ1) is 13.6. The summed E-state index contributed by atoms with van der Waals surface area (Å²) in [5.41, 5.74) is 0.999. The third kappa shape index (κ3) is 3.81. The van der Waals surface area contributed by atoms with Gasteiger partial charge in [-0.3, -0.25) is 4.79 Å². The van der Waals surface area contributed by atoms with Crippen LogP contribution in [-0.4, -0.2) is 52.9 Å². The van der Waals surface area contributed by atoms with E-state index in [0.717, 1.165) is 12.8 Å². The quantitative estimate of drug-likeness (QED) is 0.761. The normalized spacial score (nSPS) is 12.8. The lowest BCUT2D eigenvalue weighted by molar-refractivity contribution is 0.0935. The van der Waals surface area contributed by atoms with E-state index in [2.05, 4.69) is 32.6 Å². The molecule has 0 radical (unpaired) electrons. The molecule has 1 atom stereocenters. The summed E-state index contributed by atoms with van der Waals surface area (Å²) in [5.74, 6) is -0.167. The number of nitrogens with one attached hydrogen (secondary N) is 2. The van der Waals surface area contributed by atoms with Gasteiger partial charge in [-0.15, -0.1) is 0 Å². The number of carbonyl (C=O) groups is 1. The summed E-state index contributed by atoms with van der Waals surface area (Å²) < 4.78 is 0. The number of hydrogen-bond donors (Lipinski definition) is 2. The van der Waals surface area contributed by atoms with Crippen LogP contribution in [0.2, 0.25) is 0 Å². The lowest BCUT2D eigenvalue weighted by atomic mass is 10.1. The third-order valence-corrected chi connectivity index (χ3v) is 2.79. The van der Waals surface area contributed by atoms with Gasteiger partial charge in [-0.05, 0) is 27.4 Å². The van der Waals surface area contributed by atoms with Crippen LogP contribution in [0, 0.1) is 6.92 Å². The largest absolute Gasteiger partial charge is 0.349 e. The molecule has 0 bridgehead atoms. The summed E-state index contributed by atoms with van der Waals surface area (Å²) in [4.78, 5) is 13.9. The predicted octanol–water partition coefficient (Wildman–Crippen LogP) is 0.573. The zero-order valence-electron chi connectivity index (χ0n) is 10.9. The maximum atomic E-state index is 11.8. The molecule has 0 saturated carbocycles. The second kappa shape index (κ2) is 6.34. The summed E-state index contributed by atoms with van der Waals surface area (Å²) in [6, 6.07) is 0.358. The van der Waals surface area contributed by atoms with Crippen LogP contribution in [0.25, 0.3) is 0 Å². The molecule has 0 unspecified atom stereocenters. The molecule has 0 aliphatic heterocycles. The van der Waals surface area contributed by atoms with Crippen LogP contribution in [0.1, 0.15) is 35.9 Å². The van der Waals surface area contributed by atoms with E-state index in [9.17, 15) is 4.79 Å². The van der Waals surface area contributed by atoms with Crippen molar-refractivity contribution in [2.24, 2.45) is 0 Å². The fourth-order valence-electron chi connectivity index (χ4n) is 1.67. The maximum absolute atomic E-state index is 11.8. The molecule has 0 aromatic carbocycles. The molecule has 1 heterocycles. The van der Waals surface area contributed by atoms with Gasteiger partial charge in [0.15, 0.2) is 5.69 Å². The van der Waals surface area contributed by atoms with E-state index in [1.165, 1.54) is 0 Å². The number of likely N-dealkylation sites (N-methyl/N-ethyl adjacent to an activating group) is 1. The Hall–Kier alpha value is -1.43. The molecule has 0 fully saturated rings. The molecule has 6 heteroatoms. The van der Waals surface area contributed by atoms with Crippen LogP contribution < -0.4 is 5.32 Å². The first-order valence-electron chi connectivity index (χ1n) is 5.88. The monoisotopic (exact) mass is 239 g/mol. The number of rotatable bonds is 6. The summed E-state index contributed by atoms with van der Waals surface area (Å²) in [6.45, 7) is 4.53. The molecule has 2 N–H and O–H groups in total. The summed E-state index contributed by atoms with van der Waals surface area (Å²) >= 11 is 0. The third-order valence-electron chi connectivity index (χ3n) is 2.79. The smallest absolute Gasteiger partial charge is 0.273 e. The van der Waals surface area contributed by atoms with Crippen LogP contribution in [0.4, 0.5) is 0 Å². The number of aromatic nitrogens is 3. The van der Waals surface area contributed by atoms with Crippen molar-refractivity contribution in [3.8, 4) is 0 Å². The fraction of sp³-hybridized carbons (Fsp3) is 0.727. The Morgan fingerprint density at radius 1 is 1.47 bits per heavy atom. The number of H-pyrrole nitrogens is 1. The highest BCUT2D eigenvalue weighted by Gasteiger charge is 2.16. The van der Waals surface area contributed by atoms with Gasteiger partial charge in [-0.1, -0.05) is 13.3 Å². The van der Waals surface area contributed by atoms with Crippen molar-refractivity contribution in [2.75, 3.05) is 20.6 Å². The minimum atomic E-state index is -0.167. The van der Waals surface area contributed by atoms with Crippen molar-refractivity contribution in [2.45, 2.75) is 32.7 Å². The molecule has 1 aromatic heterocycles. The average Bonchev–Trinajstić information content (AvgIpc) is 2.69. The van der Waals surface area contributed by atoms with E-state index in [0.29, 0.717) is 24.0 Å². The number of aryl methyl sites for hydroxylation is 1. The van der Waals surface area contributed by atoms with Crippen molar-refractivity contribution in [1.82, 2.24) is 25.6 Å². The van der Waals surface area contributed by atoms with Gasteiger partial charge in [0.05, 0.1) is 5.69 Å². The summed E-state index contributed by atoms with van der Waals surface area (Å²) in [7, 11) is 4.04. The molecule has 1 amide bonds. The molecule has 17 heavy (non-hydrogen) atoms. The average molecular weight is 239 g/mol. The minimum absolute atomic E-state index is 0.167. The molecular formula is C11H21N5O. The van der Waals surface area contributed by atoms with Gasteiger partial charge in [0.2, 0.25) is 0 Å². The highest BCUT2D eigenvalue weighted by Crippen LogP contribution is 2.03. The first-order chi connectivity index (χ1) is 8.06. The number of carbonyl (C=O) groups excluding carboxylic acids is 1. The van der Waals surface area contributed by atoms with Gasteiger partial charge >= 0.3 is 0 Å². The molecule has 0 aliphatic rings. The second-order valence-corrected chi connectivity index (χ2v) is 4.37. The minimum Gasteiger partial charge on any atom is -0.349 e. The number of nitrogens with zero attached hydrogens (tertiary/aromatic N) is 3. The lowest BCUT2D eigenvalue weighted by Gasteiger charge is -2.23. The van der Waals surface area contributed by atoms with Gasteiger partial charge in [-0.2, -0.15) is 15.4 Å². The molecule has 0 saturated heterocycles. The Bertz CT molecular complexity index is 360. The molecule has 6 nitrogen and oxygen atoms in total. The van der Waals surface area contributed by atoms with E-state index in [1.54, 1.807) is 6.92 Å². The Labute approximate surface area is 102 Å². The van der Waals surface area contributed by atoms with Gasteiger partial charge in [-0.25, -0.2) is 0 Å². The summed E-state index contributed by atoms with van der Waals surface area (Å²) in [6.07, 6.45) is 2.16. The predicted molar refractivity (Wildman–Crippen MR) is 65.8 cm³/mol. The van der Waals surface area contributed by atoms with E-state index < -0.39 is 0 Å². The van der Waals surface area contributed by atoms with Gasteiger partial charge < -0.3 is 10.2 Å². The zero-order chi connectivity index (χ0) is 12.8. The Kier molecular flexibility index (Phi) is 5.09. The number of amides is 1. The highest BCUT2D eigenvalue weighted by molar-refractivity contribution is 5.93. The van der Waals surface area contributed by atoms with Crippen LogP contribution in [0.3, 0.4) is 0 Å². The van der Waals surface area contributed by atoms with Crippen LogP contribution >= 0.6 is 0 Å². The fourth-order valence-corrected chi connectivity index (χ4v) is 1.67. The second-order valence-electron chi connectivity index (χ2n) is 4.37. The Morgan fingerprint density at radius 3 is 2.65 bits per heavy atom. The summed E-state index contributed by atoms with van der Waals surface area (Å²) in [5, 5.41) is 13.0. The molecule has 1 rings (SSSR count). The van der Waals surface area contributed by atoms with Crippen LogP contribution in [0.5, 0.6) is 0 Å². The van der Waals surface area contributed by atoms with Crippen LogP contribution in [-0.2, 0) is 0 Å². The molecule has 0 aliphatic carbocycles. The van der Waals surface area contributed by atoms with E-state index in [1.807, 2.05) is 14.1 Å².